The van der Waals surface area contributed by atoms with E-state index in [2.05, 4.69) is 14.8 Å². The van der Waals surface area contributed by atoms with Crippen LogP contribution in [0.5, 0.6) is 0 Å². The highest BCUT2D eigenvalue weighted by Gasteiger charge is 2.12. The van der Waals surface area contributed by atoms with Crippen molar-refractivity contribution in [3.05, 3.63) is 71.8 Å². The Morgan fingerprint density at radius 1 is 1.12 bits per heavy atom. The van der Waals surface area contributed by atoms with Gasteiger partial charge < -0.3 is 0 Å². The van der Waals surface area contributed by atoms with Gasteiger partial charge in [-0.1, -0.05) is 12.1 Å². The highest BCUT2D eigenvalue weighted by atomic mass is 32.2. The second-order valence-corrected chi connectivity index (χ2v) is 7.61. The molecule has 0 saturated carbocycles. The molecule has 0 atom stereocenters. The van der Waals surface area contributed by atoms with E-state index in [1.807, 2.05) is 48.9 Å². The number of aromatic nitrogens is 3. The van der Waals surface area contributed by atoms with Crippen LogP contribution in [-0.2, 0) is 16.4 Å². The highest BCUT2D eigenvalue weighted by molar-refractivity contribution is 7.89. The van der Waals surface area contributed by atoms with Gasteiger partial charge in [0.2, 0.25) is 10.0 Å². The molecule has 0 amide bonds. The van der Waals surface area contributed by atoms with Gasteiger partial charge in [-0.3, -0.25) is 4.98 Å². The van der Waals surface area contributed by atoms with E-state index < -0.39 is 10.0 Å². The third-order valence-corrected chi connectivity index (χ3v) is 5.29. The standard InChI is InChI=1S/C18H20N4O2S/c1-14-12-15(2)22(21-14)17-7-5-16(6-8-17)9-11-20-25(23,24)18-4-3-10-19-13-18/h3-8,10,12-13,20H,9,11H2,1-2H3. The lowest BCUT2D eigenvalue weighted by Gasteiger charge is -2.08. The maximum atomic E-state index is 12.1. The van der Waals surface area contributed by atoms with Gasteiger partial charge in [0, 0.05) is 24.6 Å². The average molecular weight is 356 g/mol. The quantitative estimate of drug-likeness (QED) is 0.736. The predicted molar refractivity (Wildman–Crippen MR) is 96.2 cm³/mol. The zero-order valence-corrected chi connectivity index (χ0v) is 15.0. The van der Waals surface area contributed by atoms with Gasteiger partial charge in [0.15, 0.2) is 0 Å². The number of nitrogens with one attached hydrogen (secondary N) is 1. The summed E-state index contributed by atoms with van der Waals surface area (Å²) < 4.78 is 28.8. The predicted octanol–water partition coefficient (Wildman–Crippen LogP) is 2.41. The molecule has 7 heteroatoms. The van der Waals surface area contributed by atoms with Crippen molar-refractivity contribution in [1.82, 2.24) is 19.5 Å². The minimum atomic E-state index is -3.51. The van der Waals surface area contributed by atoms with Gasteiger partial charge >= 0.3 is 0 Å². The van der Waals surface area contributed by atoms with Crippen molar-refractivity contribution in [1.29, 1.82) is 0 Å². The van der Waals surface area contributed by atoms with Crippen LogP contribution in [0.2, 0.25) is 0 Å². The van der Waals surface area contributed by atoms with Crippen molar-refractivity contribution in [2.24, 2.45) is 0 Å². The summed E-state index contributed by atoms with van der Waals surface area (Å²) in [6.07, 6.45) is 3.49. The van der Waals surface area contributed by atoms with E-state index in [9.17, 15) is 8.42 Å². The molecule has 6 nitrogen and oxygen atoms in total. The van der Waals surface area contributed by atoms with Crippen molar-refractivity contribution in [2.75, 3.05) is 6.54 Å². The van der Waals surface area contributed by atoms with Crippen molar-refractivity contribution in [3.8, 4) is 5.69 Å². The molecule has 25 heavy (non-hydrogen) atoms. The Hall–Kier alpha value is -2.51. The van der Waals surface area contributed by atoms with Crippen LogP contribution in [-0.4, -0.2) is 29.7 Å². The SMILES string of the molecule is Cc1cc(C)n(-c2ccc(CCNS(=O)(=O)c3cccnc3)cc2)n1. The lowest BCUT2D eigenvalue weighted by Crippen LogP contribution is -2.26. The van der Waals surface area contributed by atoms with Crippen molar-refractivity contribution in [3.63, 3.8) is 0 Å². The lowest BCUT2D eigenvalue weighted by molar-refractivity contribution is 0.581. The minimum absolute atomic E-state index is 0.176. The summed E-state index contributed by atoms with van der Waals surface area (Å²) in [5.74, 6) is 0. The third kappa shape index (κ3) is 4.12. The number of aryl methyl sites for hydroxylation is 2. The molecule has 0 aliphatic carbocycles. The normalized spacial score (nSPS) is 11.6. The summed E-state index contributed by atoms with van der Waals surface area (Å²) in [7, 11) is -3.51. The molecule has 0 fully saturated rings. The van der Waals surface area contributed by atoms with Crippen LogP contribution in [0.1, 0.15) is 17.0 Å². The first-order chi connectivity index (χ1) is 12.0. The first-order valence-corrected chi connectivity index (χ1v) is 9.46. The molecule has 0 spiro atoms. The maximum absolute atomic E-state index is 12.1. The fourth-order valence-electron chi connectivity index (χ4n) is 2.61. The molecule has 2 heterocycles. The average Bonchev–Trinajstić information content (AvgIpc) is 2.94. The molecular weight excluding hydrogens is 336 g/mol. The zero-order valence-electron chi connectivity index (χ0n) is 14.2. The smallest absolute Gasteiger partial charge is 0.242 e. The Bertz CT molecular complexity index is 949. The molecule has 1 N–H and O–H groups in total. The van der Waals surface area contributed by atoms with Crippen molar-refractivity contribution >= 4 is 10.0 Å². The number of nitrogens with zero attached hydrogens (tertiary/aromatic N) is 3. The minimum Gasteiger partial charge on any atom is -0.263 e. The molecule has 0 radical (unpaired) electrons. The molecule has 0 unspecified atom stereocenters. The molecule has 130 valence electrons. The van der Waals surface area contributed by atoms with E-state index in [4.69, 9.17) is 0 Å². The van der Waals surface area contributed by atoms with Crippen LogP contribution in [0.15, 0.2) is 59.8 Å². The molecule has 0 aliphatic rings. The monoisotopic (exact) mass is 356 g/mol. The molecule has 0 aliphatic heterocycles. The summed E-state index contributed by atoms with van der Waals surface area (Å²) >= 11 is 0. The molecule has 0 saturated heterocycles. The van der Waals surface area contributed by atoms with Gasteiger partial charge in [-0.2, -0.15) is 5.10 Å². The zero-order chi connectivity index (χ0) is 17.9. The first-order valence-electron chi connectivity index (χ1n) is 7.98. The van der Waals surface area contributed by atoms with Crippen LogP contribution in [0.3, 0.4) is 0 Å². The van der Waals surface area contributed by atoms with Crippen LogP contribution in [0, 0.1) is 13.8 Å². The van der Waals surface area contributed by atoms with E-state index in [0.29, 0.717) is 13.0 Å². The summed E-state index contributed by atoms with van der Waals surface area (Å²) in [5.41, 5.74) is 4.10. The van der Waals surface area contributed by atoms with Gasteiger partial charge in [-0.15, -0.1) is 0 Å². The van der Waals surface area contributed by atoms with Gasteiger partial charge in [0.1, 0.15) is 4.90 Å². The fourth-order valence-corrected chi connectivity index (χ4v) is 3.61. The molecule has 3 rings (SSSR count). The van der Waals surface area contributed by atoms with E-state index >= 15 is 0 Å². The molecule has 1 aromatic carbocycles. The van der Waals surface area contributed by atoms with Crippen molar-refractivity contribution in [2.45, 2.75) is 25.2 Å². The summed E-state index contributed by atoms with van der Waals surface area (Å²) in [6.45, 7) is 4.31. The molecule has 3 aromatic rings. The van der Waals surface area contributed by atoms with E-state index in [0.717, 1.165) is 22.6 Å². The number of hydrogen-bond donors (Lipinski definition) is 1. The first kappa shape index (κ1) is 17.3. The Balaban J connectivity index is 1.62. The van der Waals surface area contributed by atoms with Crippen molar-refractivity contribution < 1.29 is 8.42 Å². The van der Waals surface area contributed by atoms with Crippen LogP contribution in [0.4, 0.5) is 0 Å². The maximum Gasteiger partial charge on any atom is 0.242 e. The summed E-state index contributed by atoms with van der Waals surface area (Å²) in [4.78, 5) is 4.01. The molecule has 2 aromatic heterocycles. The number of rotatable bonds is 6. The van der Waals surface area contributed by atoms with Gasteiger partial charge in [0.05, 0.1) is 11.4 Å². The highest BCUT2D eigenvalue weighted by Crippen LogP contribution is 2.13. The molecule has 0 bridgehead atoms. The van der Waals surface area contributed by atoms with Crippen LogP contribution < -0.4 is 4.72 Å². The summed E-state index contributed by atoms with van der Waals surface area (Å²) in [5, 5.41) is 4.46. The second kappa shape index (κ2) is 7.16. The number of hydrogen-bond acceptors (Lipinski definition) is 4. The Labute approximate surface area is 147 Å². The fraction of sp³-hybridized carbons (Fsp3) is 0.222. The van der Waals surface area contributed by atoms with Gasteiger partial charge in [-0.25, -0.2) is 17.8 Å². The summed E-state index contributed by atoms with van der Waals surface area (Å²) in [6, 6.07) is 13.1. The number of pyridine rings is 1. The lowest BCUT2D eigenvalue weighted by atomic mass is 10.1. The number of sulfonamides is 1. The van der Waals surface area contributed by atoms with E-state index in [1.54, 1.807) is 12.3 Å². The third-order valence-electron chi connectivity index (χ3n) is 3.84. The van der Waals surface area contributed by atoms with Gasteiger partial charge in [0.25, 0.3) is 0 Å². The van der Waals surface area contributed by atoms with E-state index in [1.165, 1.54) is 12.3 Å². The van der Waals surface area contributed by atoms with Gasteiger partial charge in [-0.05, 0) is 56.2 Å². The Morgan fingerprint density at radius 3 is 2.48 bits per heavy atom. The van der Waals surface area contributed by atoms with Crippen LogP contribution in [0.25, 0.3) is 5.69 Å². The topological polar surface area (TPSA) is 76.9 Å². The number of benzene rings is 1. The second-order valence-electron chi connectivity index (χ2n) is 5.84. The Kier molecular flexibility index (Phi) is 4.96. The van der Waals surface area contributed by atoms with E-state index in [-0.39, 0.29) is 4.90 Å². The Morgan fingerprint density at radius 2 is 1.88 bits per heavy atom. The molecular formula is C18H20N4O2S. The largest absolute Gasteiger partial charge is 0.263 e. The van der Waals surface area contributed by atoms with Crippen LogP contribution >= 0.6 is 0 Å².